The number of hydrogen-bond donors (Lipinski definition) is 1. The van der Waals surface area contributed by atoms with E-state index in [0.29, 0.717) is 10.9 Å². The Bertz CT molecular complexity index is 700. The first-order valence-electron chi connectivity index (χ1n) is 5.06. The summed E-state index contributed by atoms with van der Waals surface area (Å²) in [7, 11) is 5.40. The zero-order valence-corrected chi connectivity index (χ0v) is 10.7. The topological polar surface area (TPSA) is 47.2 Å². The molecular weight excluding hydrogens is 238 g/mol. The van der Waals surface area contributed by atoms with Crippen molar-refractivity contribution in [3.8, 4) is 0 Å². The molecule has 0 bridgehead atoms. The molecule has 0 aliphatic heterocycles. The summed E-state index contributed by atoms with van der Waals surface area (Å²) < 4.78 is 2.23. The Morgan fingerprint density at radius 3 is 2.47 bits per heavy atom. The Hall–Kier alpha value is -1.69. The number of hydrogen-bond acceptors (Lipinski definition) is 4. The third-order valence-electron chi connectivity index (χ3n) is 2.75. The summed E-state index contributed by atoms with van der Waals surface area (Å²) >= 11 is 3.90. The molecule has 0 amide bonds. The SMILES string of the molecule is CN(C)c1ccc2c(c1)c(=O)n(S)c(=O)n2C. The van der Waals surface area contributed by atoms with Crippen LogP contribution in [0.2, 0.25) is 0 Å². The van der Waals surface area contributed by atoms with Gasteiger partial charge in [0.05, 0.1) is 10.9 Å². The van der Waals surface area contributed by atoms with E-state index in [2.05, 4.69) is 12.8 Å². The summed E-state index contributed by atoms with van der Waals surface area (Å²) in [5.74, 6) is 0. The first-order chi connectivity index (χ1) is 7.93. The van der Waals surface area contributed by atoms with Crippen LogP contribution in [-0.2, 0) is 7.05 Å². The van der Waals surface area contributed by atoms with Crippen molar-refractivity contribution in [1.82, 2.24) is 8.54 Å². The van der Waals surface area contributed by atoms with Gasteiger partial charge in [0.25, 0.3) is 5.56 Å². The number of aromatic nitrogens is 2. The minimum Gasteiger partial charge on any atom is -0.378 e. The van der Waals surface area contributed by atoms with Gasteiger partial charge in [-0.15, -0.1) is 0 Å². The Kier molecular flexibility index (Phi) is 2.74. The number of benzene rings is 1. The zero-order chi connectivity index (χ0) is 12.7. The standard InChI is InChI=1S/C11H13N3O2S/c1-12(2)7-4-5-9-8(6-7)10(15)14(17)11(16)13(9)3/h4-6,17H,1-3H3. The van der Waals surface area contributed by atoms with Crippen molar-refractivity contribution >= 4 is 29.4 Å². The summed E-state index contributed by atoms with van der Waals surface area (Å²) in [5.41, 5.74) is 0.677. The molecule has 0 saturated carbocycles. The van der Waals surface area contributed by atoms with Gasteiger partial charge in [0, 0.05) is 26.8 Å². The number of thiol groups is 1. The van der Waals surface area contributed by atoms with E-state index in [-0.39, 0.29) is 0 Å². The van der Waals surface area contributed by atoms with Crippen molar-refractivity contribution < 1.29 is 0 Å². The van der Waals surface area contributed by atoms with Crippen molar-refractivity contribution in [2.45, 2.75) is 0 Å². The van der Waals surface area contributed by atoms with Crippen LogP contribution in [0.3, 0.4) is 0 Å². The summed E-state index contributed by atoms with van der Waals surface area (Å²) in [5, 5.41) is 0.480. The van der Waals surface area contributed by atoms with Crippen LogP contribution >= 0.6 is 12.8 Å². The molecule has 0 unspecified atom stereocenters. The Labute approximate surface area is 103 Å². The predicted molar refractivity (Wildman–Crippen MR) is 72.2 cm³/mol. The van der Waals surface area contributed by atoms with Gasteiger partial charge in [-0.25, -0.2) is 8.77 Å². The molecule has 1 aromatic heterocycles. The fraction of sp³-hybridized carbons (Fsp3) is 0.273. The highest BCUT2D eigenvalue weighted by molar-refractivity contribution is 7.78. The van der Waals surface area contributed by atoms with Gasteiger partial charge < -0.3 is 4.90 Å². The summed E-state index contributed by atoms with van der Waals surface area (Å²) in [6.07, 6.45) is 0. The van der Waals surface area contributed by atoms with E-state index < -0.39 is 11.2 Å². The molecule has 1 aromatic carbocycles. The molecule has 0 N–H and O–H groups in total. The van der Waals surface area contributed by atoms with Crippen LogP contribution in [0.5, 0.6) is 0 Å². The lowest BCUT2D eigenvalue weighted by Crippen LogP contribution is -2.34. The Morgan fingerprint density at radius 2 is 1.88 bits per heavy atom. The number of rotatable bonds is 1. The lowest BCUT2D eigenvalue weighted by atomic mass is 10.2. The van der Waals surface area contributed by atoms with E-state index in [1.54, 1.807) is 19.2 Å². The minimum absolute atomic E-state index is 0.393. The summed E-state index contributed by atoms with van der Waals surface area (Å²) in [6.45, 7) is 0. The smallest absolute Gasteiger partial charge is 0.341 e. The van der Waals surface area contributed by atoms with Gasteiger partial charge in [0.1, 0.15) is 0 Å². The lowest BCUT2D eigenvalue weighted by molar-refractivity contribution is 0.823. The van der Waals surface area contributed by atoms with Gasteiger partial charge in [-0.1, -0.05) is 12.8 Å². The van der Waals surface area contributed by atoms with E-state index in [1.807, 2.05) is 25.1 Å². The molecule has 0 saturated heterocycles. The molecule has 2 rings (SSSR count). The average molecular weight is 251 g/mol. The van der Waals surface area contributed by atoms with Crippen molar-refractivity contribution in [2.75, 3.05) is 19.0 Å². The van der Waals surface area contributed by atoms with Gasteiger partial charge in [-0.2, -0.15) is 0 Å². The monoisotopic (exact) mass is 251 g/mol. The van der Waals surface area contributed by atoms with Crippen molar-refractivity contribution in [3.63, 3.8) is 0 Å². The first kappa shape index (κ1) is 11.8. The highest BCUT2D eigenvalue weighted by atomic mass is 32.1. The third-order valence-corrected chi connectivity index (χ3v) is 3.10. The van der Waals surface area contributed by atoms with Gasteiger partial charge in [0.2, 0.25) is 0 Å². The summed E-state index contributed by atoms with van der Waals surface area (Å²) in [4.78, 5) is 25.5. The highest BCUT2D eigenvalue weighted by Gasteiger charge is 2.09. The van der Waals surface area contributed by atoms with Crippen LogP contribution in [0.4, 0.5) is 5.69 Å². The molecule has 2 aromatic rings. The molecule has 0 aliphatic carbocycles. The van der Waals surface area contributed by atoms with Crippen LogP contribution in [0, 0.1) is 0 Å². The van der Waals surface area contributed by atoms with E-state index in [9.17, 15) is 9.59 Å². The van der Waals surface area contributed by atoms with E-state index >= 15 is 0 Å². The van der Waals surface area contributed by atoms with E-state index in [4.69, 9.17) is 0 Å². The second kappa shape index (κ2) is 3.96. The molecule has 0 spiro atoms. The normalized spacial score (nSPS) is 10.8. The molecular formula is C11H13N3O2S. The maximum Gasteiger partial charge on any atom is 0.341 e. The largest absolute Gasteiger partial charge is 0.378 e. The van der Waals surface area contributed by atoms with Crippen molar-refractivity contribution in [1.29, 1.82) is 0 Å². The Morgan fingerprint density at radius 1 is 1.24 bits per heavy atom. The molecule has 90 valence electrons. The number of nitrogens with zero attached hydrogens (tertiary/aromatic N) is 3. The van der Waals surface area contributed by atoms with Crippen LogP contribution in [0.1, 0.15) is 0 Å². The number of fused-ring (bicyclic) bond motifs is 1. The molecule has 6 heteroatoms. The fourth-order valence-corrected chi connectivity index (χ4v) is 1.95. The molecule has 5 nitrogen and oxygen atoms in total. The lowest BCUT2D eigenvalue weighted by Gasteiger charge is -2.14. The van der Waals surface area contributed by atoms with Gasteiger partial charge in [-0.3, -0.25) is 9.36 Å². The maximum atomic E-state index is 11.9. The first-order valence-corrected chi connectivity index (χ1v) is 5.46. The minimum atomic E-state index is -0.441. The van der Waals surface area contributed by atoms with Crippen LogP contribution in [0.15, 0.2) is 27.8 Å². The fourth-order valence-electron chi connectivity index (χ4n) is 1.71. The van der Waals surface area contributed by atoms with Gasteiger partial charge >= 0.3 is 5.69 Å². The maximum absolute atomic E-state index is 11.9. The molecule has 0 aliphatic rings. The quantitative estimate of drug-likeness (QED) is 0.749. The number of anilines is 1. The van der Waals surface area contributed by atoms with Gasteiger partial charge in [-0.05, 0) is 18.2 Å². The van der Waals surface area contributed by atoms with Crippen LogP contribution in [-0.4, -0.2) is 22.6 Å². The molecule has 17 heavy (non-hydrogen) atoms. The summed E-state index contributed by atoms with van der Waals surface area (Å²) in [6, 6.07) is 5.38. The molecule has 0 atom stereocenters. The van der Waals surface area contributed by atoms with Crippen molar-refractivity contribution in [3.05, 3.63) is 39.0 Å². The predicted octanol–water partition coefficient (Wildman–Crippen LogP) is 0.459. The second-order valence-corrected chi connectivity index (χ2v) is 4.45. The van der Waals surface area contributed by atoms with Crippen LogP contribution in [0.25, 0.3) is 10.9 Å². The molecule has 0 radical (unpaired) electrons. The average Bonchev–Trinajstić information content (AvgIpc) is 2.32. The van der Waals surface area contributed by atoms with Gasteiger partial charge in [0.15, 0.2) is 0 Å². The second-order valence-electron chi connectivity index (χ2n) is 4.05. The van der Waals surface area contributed by atoms with E-state index in [1.165, 1.54) is 4.57 Å². The zero-order valence-electron chi connectivity index (χ0n) is 9.84. The highest BCUT2D eigenvalue weighted by Crippen LogP contribution is 2.16. The number of aryl methyl sites for hydroxylation is 1. The Balaban J connectivity index is 2.97. The van der Waals surface area contributed by atoms with Crippen molar-refractivity contribution in [2.24, 2.45) is 7.05 Å². The van der Waals surface area contributed by atoms with E-state index in [0.717, 1.165) is 9.66 Å². The van der Waals surface area contributed by atoms with Crippen LogP contribution < -0.4 is 16.1 Å². The third kappa shape index (κ3) is 1.74. The molecule has 0 fully saturated rings. The molecule has 1 heterocycles.